The van der Waals surface area contributed by atoms with Crippen LogP contribution in [-0.2, 0) is 0 Å². The van der Waals surface area contributed by atoms with Crippen molar-refractivity contribution in [2.45, 2.75) is 47.2 Å². The fraction of sp³-hybridized carbons (Fsp3) is 1.00. The van der Waals surface area contributed by atoms with Crippen molar-refractivity contribution in [3.63, 3.8) is 0 Å². The quantitative estimate of drug-likeness (QED) is 0.632. The van der Waals surface area contributed by atoms with Gasteiger partial charge in [-0.1, -0.05) is 41.0 Å². The molecule has 0 amide bonds. The average molecular weight is 196 g/mol. The van der Waals surface area contributed by atoms with Gasteiger partial charge in [-0.3, -0.25) is 0 Å². The smallest absolute Gasteiger partial charge is 0.171 e. The molecule has 0 heterocycles. The summed E-state index contributed by atoms with van der Waals surface area (Å²) in [5.74, 6) is -0.228. The molecule has 1 unspecified atom stereocenters. The molecule has 0 saturated heterocycles. The molecule has 0 aromatic carbocycles. The Hall–Kier alpha value is -0.210. The fourth-order valence-electron chi connectivity index (χ4n) is 2.03. The van der Waals surface area contributed by atoms with Crippen LogP contribution in [0.15, 0.2) is 0 Å². The van der Waals surface area contributed by atoms with E-state index in [0.29, 0.717) is 6.42 Å². The lowest BCUT2D eigenvalue weighted by Crippen LogP contribution is -2.41. The van der Waals surface area contributed by atoms with Crippen LogP contribution in [0.2, 0.25) is 0 Å². The van der Waals surface area contributed by atoms with Crippen LogP contribution >= 0.6 is 0 Å². The van der Waals surface area contributed by atoms with Crippen molar-refractivity contribution in [2.75, 3.05) is 0 Å². The summed E-state index contributed by atoms with van der Waals surface area (Å²) in [5, 5.41) is 0. The maximum absolute atomic E-state index is 12.6. The molecular formula is C10H19F3. The van der Waals surface area contributed by atoms with Crippen molar-refractivity contribution in [2.24, 2.45) is 17.3 Å². The first kappa shape index (κ1) is 12.8. The molecule has 0 rings (SSSR count). The maximum atomic E-state index is 12.6. The van der Waals surface area contributed by atoms with Crippen molar-refractivity contribution in [1.29, 1.82) is 0 Å². The van der Waals surface area contributed by atoms with Crippen LogP contribution < -0.4 is 0 Å². The Bertz CT molecular complexity index is 156. The molecule has 0 radical (unpaired) electrons. The first-order valence-corrected chi connectivity index (χ1v) is 4.71. The highest BCUT2D eigenvalue weighted by molar-refractivity contribution is 4.85. The fourth-order valence-corrected chi connectivity index (χ4v) is 2.03. The maximum Gasteiger partial charge on any atom is 0.394 e. The van der Waals surface area contributed by atoms with Crippen molar-refractivity contribution in [3.8, 4) is 0 Å². The minimum Gasteiger partial charge on any atom is -0.171 e. The Morgan fingerprint density at radius 1 is 1.08 bits per heavy atom. The van der Waals surface area contributed by atoms with E-state index in [1.165, 1.54) is 13.8 Å². The largest absolute Gasteiger partial charge is 0.394 e. The highest BCUT2D eigenvalue weighted by Gasteiger charge is 2.52. The van der Waals surface area contributed by atoms with Gasteiger partial charge in [-0.15, -0.1) is 0 Å². The monoisotopic (exact) mass is 196 g/mol. The summed E-state index contributed by atoms with van der Waals surface area (Å²) in [6, 6.07) is 0. The molecule has 0 N–H and O–H groups in total. The highest BCUT2D eigenvalue weighted by atomic mass is 19.4. The first-order chi connectivity index (χ1) is 5.64. The van der Waals surface area contributed by atoms with Gasteiger partial charge < -0.3 is 0 Å². The Morgan fingerprint density at radius 3 is 1.54 bits per heavy atom. The van der Waals surface area contributed by atoms with E-state index in [1.54, 1.807) is 0 Å². The summed E-state index contributed by atoms with van der Waals surface area (Å²) in [6.45, 7) is 8.10. The number of hydrogen-bond donors (Lipinski definition) is 0. The lowest BCUT2D eigenvalue weighted by Gasteiger charge is -2.38. The van der Waals surface area contributed by atoms with Gasteiger partial charge >= 0.3 is 6.18 Å². The van der Waals surface area contributed by atoms with Gasteiger partial charge in [-0.05, 0) is 11.8 Å². The van der Waals surface area contributed by atoms with Gasteiger partial charge in [-0.2, -0.15) is 13.2 Å². The zero-order chi connectivity index (χ0) is 10.9. The van der Waals surface area contributed by atoms with Crippen LogP contribution in [0.4, 0.5) is 13.2 Å². The van der Waals surface area contributed by atoms with E-state index < -0.39 is 11.6 Å². The summed E-state index contributed by atoms with van der Waals surface area (Å²) in [5.41, 5.74) is -1.57. The predicted molar refractivity (Wildman–Crippen MR) is 48.5 cm³/mol. The van der Waals surface area contributed by atoms with Gasteiger partial charge in [0, 0.05) is 0 Å². The van der Waals surface area contributed by atoms with Crippen molar-refractivity contribution >= 4 is 0 Å². The normalized spacial score (nSPS) is 16.4. The highest BCUT2D eigenvalue weighted by Crippen LogP contribution is 2.47. The molecular weight excluding hydrogens is 177 g/mol. The summed E-state index contributed by atoms with van der Waals surface area (Å²) in [6.07, 6.45) is -3.53. The molecule has 0 aromatic heterocycles. The topological polar surface area (TPSA) is 0 Å². The molecule has 0 aliphatic rings. The van der Waals surface area contributed by atoms with E-state index >= 15 is 0 Å². The minimum atomic E-state index is -4.10. The molecule has 0 aliphatic heterocycles. The summed E-state index contributed by atoms with van der Waals surface area (Å²) in [7, 11) is 0. The number of rotatable bonds is 3. The lowest BCUT2D eigenvalue weighted by molar-refractivity contribution is -0.234. The predicted octanol–water partition coefficient (Wildman–Crippen LogP) is 4.26. The van der Waals surface area contributed by atoms with E-state index in [4.69, 9.17) is 0 Å². The van der Waals surface area contributed by atoms with E-state index in [9.17, 15) is 13.2 Å². The van der Waals surface area contributed by atoms with Crippen LogP contribution in [0, 0.1) is 17.3 Å². The van der Waals surface area contributed by atoms with Gasteiger partial charge in [0.2, 0.25) is 0 Å². The van der Waals surface area contributed by atoms with Crippen LogP contribution in [0.3, 0.4) is 0 Å². The van der Waals surface area contributed by atoms with Crippen molar-refractivity contribution < 1.29 is 13.2 Å². The minimum absolute atomic E-state index is 0.0709. The average Bonchev–Trinajstić information content (AvgIpc) is 1.83. The molecule has 3 heteroatoms. The molecule has 0 nitrogen and oxygen atoms in total. The van der Waals surface area contributed by atoms with Gasteiger partial charge in [0.25, 0.3) is 0 Å². The molecule has 0 spiro atoms. The molecule has 80 valence electrons. The third-order valence-corrected chi connectivity index (χ3v) is 2.90. The van der Waals surface area contributed by atoms with Crippen LogP contribution in [-0.4, -0.2) is 6.18 Å². The summed E-state index contributed by atoms with van der Waals surface area (Å²) in [4.78, 5) is 0. The second-order valence-electron chi connectivity index (χ2n) is 4.48. The first-order valence-electron chi connectivity index (χ1n) is 4.71. The third kappa shape index (κ3) is 2.61. The lowest BCUT2D eigenvalue weighted by atomic mass is 9.71. The zero-order valence-corrected chi connectivity index (χ0v) is 9.00. The molecule has 0 saturated carbocycles. The Labute approximate surface area is 78.5 Å². The van der Waals surface area contributed by atoms with Gasteiger partial charge in [0.15, 0.2) is 0 Å². The summed E-state index contributed by atoms with van der Waals surface area (Å²) >= 11 is 0. The number of halogens is 3. The van der Waals surface area contributed by atoms with Crippen LogP contribution in [0.1, 0.15) is 41.0 Å². The Kier molecular flexibility index (Phi) is 3.82. The third-order valence-electron chi connectivity index (χ3n) is 2.90. The number of alkyl halides is 3. The molecule has 0 bridgehead atoms. The van der Waals surface area contributed by atoms with Gasteiger partial charge in [0.05, 0.1) is 5.41 Å². The van der Waals surface area contributed by atoms with E-state index in [0.717, 1.165) is 0 Å². The molecule has 1 atom stereocenters. The Balaban J connectivity index is 4.78. The molecule has 13 heavy (non-hydrogen) atoms. The zero-order valence-electron chi connectivity index (χ0n) is 9.00. The van der Waals surface area contributed by atoms with Crippen LogP contribution in [0.5, 0.6) is 0 Å². The second kappa shape index (κ2) is 3.89. The van der Waals surface area contributed by atoms with Crippen molar-refractivity contribution in [3.05, 3.63) is 0 Å². The van der Waals surface area contributed by atoms with E-state index in [-0.39, 0.29) is 11.8 Å². The Morgan fingerprint density at radius 2 is 1.46 bits per heavy atom. The summed E-state index contributed by atoms with van der Waals surface area (Å²) < 4.78 is 37.9. The van der Waals surface area contributed by atoms with Crippen molar-refractivity contribution in [1.82, 2.24) is 0 Å². The molecule has 0 fully saturated rings. The molecule has 0 aliphatic carbocycles. The second-order valence-corrected chi connectivity index (χ2v) is 4.48. The SMILES string of the molecule is CCC(C(C)C)C(C)(C)C(F)(F)F. The van der Waals surface area contributed by atoms with Gasteiger partial charge in [0.1, 0.15) is 0 Å². The number of hydrogen-bond acceptors (Lipinski definition) is 0. The van der Waals surface area contributed by atoms with E-state index in [1.807, 2.05) is 20.8 Å². The van der Waals surface area contributed by atoms with E-state index in [2.05, 4.69) is 0 Å². The standard InChI is InChI=1S/C10H19F3/c1-6-8(7(2)3)9(4,5)10(11,12)13/h7-8H,6H2,1-5H3. The van der Waals surface area contributed by atoms with Gasteiger partial charge in [-0.25, -0.2) is 0 Å². The van der Waals surface area contributed by atoms with Crippen LogP contribution in [0.25, 0.3) is 0 Å². The molecule has 0 aromatic rings.